The van der Waals surface area contributed by atoms with Crippen LogP contribution in [0, 0.1) is 6.92 Å². The van der Waals surface area contributed by atoms with Crippen molar-refractivity contribution in [3.63, 3.8) is 0 Å². The van der Waals surface area contributed by atoms with E-state index in [4.69, 9.17) is 0 Å². The molecule has 0 saturated carbocycles. The lowest BCUT2D eigenvalue weighted by molar-refractivity contribution is -0.274. The second-order valence-electron chi connectivity index (χ2n) is 4.02. The molecule has 0 bridgehead atoms. The SMILES string of the molecule is [CH2]CCCCN(C)c1ccc(OC(F)(F)F)cc1. The third-order valence-corrected chi connectivity index (χ3v) is 2.50. The molecular weight excluding hydrogens is 243 g/mol. The van der Waals surface area contributed by atoms with E-state index in [1.54, 1.807) is 12.1 Å². The van der Waals surface area contributed by atoms with Crippen LogP contribution in [0.2, 0.25) is 0 Å². The molecular formula is C13H17F3NO. The lowest BCUT2D eigenvalue weighted by atomic mass is 10.2. The van der Waals surface area contributed by atoms with Gasteiger partial charge in [-0.15, -0.1) is 13.2 Å². The highest BCUT2D eigenvalue weighted by Gasteiger charge is 2.30. The Labute approximate surface area is 105 Å². The summed E-state index contributed by atoms with van der Waals surface area (Å²) in [5, 5.41) is 0. The Bertz CT molecular complexity index is 348. The molecule has 1 rings (SSSR count). The molecule has 0 amide bonds. The van der Waals surface area contributed by atoms with Crippen molar-refractivity contribution in [2.75, 3.05) is 18.5 Å². The van der Waals surface area contributed by atoms with Crippen LogP contribution in [0.25, 0.3) is 0 Å². The lowest BCUT2D eigenvalue weighted by Gasteiger charge is -2.19. The maximum Gasteiger partial charge on any atom is 0.573 e. The molecule has 0 heterocycles. The monoisotopic (exact) mass is 260 g/mol. The van der Waals surface area contributed by atoms with Gasteiger partial charge in [0.05, 0.1) is 0 Å². The number of anilines is 1. The highest BCUT2D eigenvalue weighted by atomic mass is 19.4. The van der Waals surface area contributed by atoms with Crippen molar-refractivity contribution in [2.45, 2.75) is 25.6 Å². The molecule has 0 N–H and O–H groups in total. The van der Waals surface area contributed by atoms with Crippen LogP contribution in [-0.4, -0.2) is 20.0 Å². The number of unbranched alkanes of at least 4 members (excludes halogenated alkanes) is 2. The smallest absolute Gasteiger partial charge is 0.406 e. The van der Waals surface area contributed by atoms with Gasteiger partial charge in [-0.05, 0) is 30.7 Å². The summed E-state index contributed by atoms with van der Waals surface area (Å²) in [5.41, 5.74) is 0.869. The summed E-state index contributed by atoms with van der Waals surface area (Å²) in [4.78, 5) is 1.99. The van der Waals surface area contributed by atoms with Crippen LogP contribution < -0.4 is 9.64 Å². The van der Waals surface area contributed by atoms with Gasteiger partial charge < -0.3 is 9.64 Å². The standard InChI is InChI=1S/C13H17F3NO/c1-3-4-5-10-17(2)11-6-8-12(9-7-11)18-13(14,15)16/h6-9H,1,3-5,10H2,2H3. The second kappa shape index (κ2) is 6.52. The van der Waals surface area contributed by atoms with Gasteiger partial charge in [0.1, 0.15) is 5.75 Å². The maximum atomic E-state index is 12.0. The first-order chi connectivity index (χ1) is 8.42. The van der Waals surface area contributed by atoms with Gasteiger partial charge in [-0.2, -0.15) is 0 Å². The number of nitrogens with zero attached hydrogens (tertiary/aromatic N) is 1. The molecule has 0 aliphatic rings. The normalized spacial score (nSPS) is 11.4. The largest absolute Gasteiger partial charge is 0.573 e. The van der Waals surface area contributed by atoms with Crippen molar-refractivity contribution in [2.24, 2.45) is 0 Å². The molecule has 0 unspecified atom stereocenters. The van der Waals surface area contributed by atoms with Crippen LogP contribution in [0.1, 0.15) is 19.3 Å². The number of hydrogen-bond donors (Lipinski definition) is 0. The Morgan fingerprint density at radius 1 is 1.17 bits per heavy atom. The highest BCUT2D eigenvalue weighted by Crippen LogP contribution is 2.25. The third kappa shape index (κ3) is 5.29. The maximum absolute atomic E-state index is 12.0. The quantitative estimate of drug-likeness (QED) is 0.716. The first-order valence-corrected chi connectivity index (χ1v) is 5.78. The van der Waals surface area contributed by atoms with Crippen LogP contribution in [-0.2, 0) is 0 Å². The fourth-order valence-corrected chi connectivity index (χ4v) is 1.56. The van der Waals surface area contributed by atoms with Crippen molar-refractivity contribution < 1.29 is 17.9 Å². The molecule has 101 valence electrons. The van der Waals surface area contributed by atoms with Crippen LogP contribution in [0.4, 0.5) is 18.9 Å². The van der Waals surface area contributed by atoms with Crippen LogP contribution in [0.5, 0.6) is 5.75 Å². The van der Waals surface area contributed by atoms with Gasteiger partial charge in [0.2, 0.25) is 0 Å². The number of benzene rings is 1. The molecule has 0 fully saturated rings. The number of rotatable bonds is 6. The predicted molar refractivity (Wildman–Crippen MR) is 65.6 cm³/mol. The van der Waals surface area contributed by atoms with Gasteiger partial charge in [0, 0.05) is 19.3 Å². The second-order valence-corrected chi connectivity index (χ2v) is 4.02. The summed E-state index contributed by atoms with van der Waals surface area (Å²) in [7, 11) is 1.91. The Hall–Kier alpha value is -1.39. The molecule has 1 aromatic carbocycles. The van der Waals surface area contributed by atoms with Crippen molar-refractivity contribution in [3.05, 3.63) is 31.2 Å². The average Bonchev–Trinajstić information content (AvgIpc) is 2.28. The summed E-state index contributed by atoms with van der Waals surface area (Å²) in [5.74, 6) is -0.197. The fourth-order valence-electron chi connectivity index (χ4n) is 1.56. The summed E-state index contributed by atoms with van der Waals surface area (Å²) >= 11 is 0. The van der Waals surface area contributed by atoms with Crippen molar-refractivity contribution in [1.82, 2.24) is 0 Å². The van der Waals surface area contributed by atoms with E-state index in [9.17, 15) is 13.2 Å². The molecule has 1 radical (unpaired) electrons. The zero-order chi connectivity index (χ0) is 13.6. The Kier molecular flexibility index (Phi) is 5.31. The van der Waals surface area contributed by atoms with E-state index in [-0.39, 0.29) is 5.75 Å². The van der Waals surface area contributed by atoms with Crippen LogP contribution >= 0.6 is 0 Å². The zero-order valence-electron chi connectivity index (χ0n) is 10.3. The van der Waals surface area contributed by atoms with Crippen molar-refractivity contribution >= 4 is 5.69 Å². The first-order valence-electron chi connectivity index (χ1n) is 5.78. The number of hydrogen-bond acceptors (Lipinski definition) is 2. The molecule has 1 aromatic rings. The summed E-state index contributed by atoms with van der Waals surface area (Å²) in [6.45, 7) is 4.62. The molecule has 0 aliphatic heterocycles. The van der Waals surface area contributed by atoms with Crippen molar-refractivity contribution in [3.8, 4) is 5.75 Å². The lowest BCUT2D eigenvalue weighted by Crippen LogP contribution is -2.19. The minimum atomic E-state index is -4.64. The summed E-state index contributed by atoms with van der Waals surface area (Å²) in [6.07, 6.45) is -1.69. The van der Waals surface area contributed by atoms with Gasteiger partial charge in [-0.25, -0.2) is 0 Å². The van der Waals surface area contributed by atoms with Gasteiger partial charge in [0.25, 0.3) is 0 Å². The first kappa shape index (κ1) is 14.7. The molecule has 0 saturated heterocycles. The fraction of sp³-hybridized carbons (Fsp3) is 0.462. The van der Waals surface area contributed by atoms with Gasteiger partial charge in [-0.1, -0.05) is 19.8 Å². The number of halogens is 3. The zero-order valence-corrected chi connectivity index (χ0v) is 10.3. The molecule has 0 spiro atoms. The van der Waals surface area contributed by atoms with E-state index in [0.29, 0.717) is 0 Å². The number of alkyl halides is 3. The Morgan fingerprint density at radius 2 is 1.78 bits per heavy atom. The van der Waals surface area contributed by atoms with Gasteiger partial charge in [-0.3, -0.25) is 0 Å². The van der Waals surface area contributed by atoms with E-state index < -0.39 is 6.36 Å². The topological polar surface area (TPSA) is 12.5 Å². The van der Waals surface area contributed by atoms with Crippen LogP contribution in [0.3, 0.4) is 0 Å². The van der Waals surface area contributed by atoms with E-state index in [1.807, 2.05) is 11.9 Å². The van der Waals surface area contributed by atoms with E-state index in [0.717, 1.165) is 31.5 Å². The molecule has 2 nitrogen and oxygen atoms in total. The summed E-state index contributed by atoms with van der Waals surface area (Å²) in [6, 6.07) is 5.87. The predicted octanol–water partition coefficient (Wildman–Crippen LogP) is 4.03. The number of ether oxygens (including phenoxy) is 1. The molecule has 0 aliphatic carbocycles. The van der Waals surface area contributed by atoms with E-state index in [1.165, 1.54) is 12.1 Å². The molecule has 5 heteroatoms. The Morgan fingerprint density at radius 3 is 2.28 bits per heavy atom. The van der Waals surface area contributed by atoms with Gasteiger partial charge >= 0.3 is 6.36 Å². The van der Waals surface area contributed by atoms with Crippen molar-refractivity contribution in [1.29, 1.82) is 0 Å². The molecule has 0 aromatic heterocycles. The Balaban J connectivity index is 2.54. The van der Waals surface area contributed by atoms with E-state index in [2.05, 4.69) is 11.7 Å². The third-order valence-electron chi connectivity index (χ3n) is 2.50. The summed E-state index contributed by atoms with van der Waals surface area (Å²) < 4.78 is 39.7. The van der Waals surface area contributed by atoms with Gasteiger partial charge in [0.15, 0.2) is 0 Å². The van der Waals surface area contributed by atoms with Crippen LogP contribution in [0.15, 0.2) is 24.3 Å². The minimum Gasteiger partial charge on any atom is -0.406 e. The average molecular weight is 260 g/mol. The minimum absolute atomic E-state index is 0.197. The molecule has 18 heavy (non-hydrogen) atoms. The van der Waals surface area contributed by atoms with E-state index >= 15 is 0 Å². The molecule has 0 atom stereocenters. The highest BCUT2D eigenvalue weighted by molar-refractivity contribution is 5.48.